The molecule has 0 unspecified atom stereocenters. The van der Waals surface area contributed by atoms with E-state index in [0.717, 1.165) is 56.1 Å². The molecule has 1 aromatic heterocycles. The molecular weight excluding hydrogens is 376 g/mol. The van der Waals surface area contributed by atoms with Crippen LogP contribution in [0.25, 0.3) is 16.9 Å². The van der Waals surface area contributed by atoms with Crippen LogP contribution >= 0.6 is 0 Å². The van der Waals surface area contributed by atoms with Crippen LogP contribution in [0.15, 0.2) is 60.8 Å². The zero-order valence-corrected chi connectivity index (χ0v) is 17.6. The van der Waals surface area contributed by atoms with Crippen molar-refractivity contribution in [1.29, 1.82) is 0 Å². The van der Waals surface area contributed by atoms with E-state index in [1.165, 1.54) is 0 Å². The number of aromatic nitrogens is 2. The highest BCUT2D eigenvalue weighted by Crippen LogP contribution is 2.28. The highest BCUT2D eigenvalue weighted by Gasteiger charge is 2.26. The molecule has 0 atom stereocenters. The van der Waals surface area contributed by atoms with Crippen molar-refractivity contribution in [2.45, 2.75) is 13.3 Å². The van der Waals surface area contributed by atoms with Crippen molar-refractivity contribution < 1.29 is 9.53 Å². The summed E-state index contributed by atoms with van der Waals surface area (Å²) >= 11 is 0. The van der Waals surface area contributed by atoms with E-state index >= 15 is 0 Å². The molecule has 1 fully saturated rings. The van der Waals surface area contributed by atoms with Gasteiger partial charge in [-0.05, 0) is 37.2 Å². The van der Waals surface area contributed by atoms with Gasteiger partial charge in [0.1, 0.15) is 11.4 Å². The maximum absolute atomic E-state index is 13.5. The van der Waals surface area contributed by atoms with E-state index in [1.807, 2.05) is 65.7 Å². The van der Waals surface area contributed by atoms with Gasteiger partial charge >= 0.3 is 0 Å². The number of hydrogen-bond acceptors (Lipinski definition) is 4. The number of nitrogens with zero attached hydrogens (tertiary/aromatic N) is 4. The molecule has 3 aromatic rings. The molecule has 2 heterocycles. The number of carbonyl (C=O) groups is 1. The van der Waals surface area contributed by atoms with Gasteiger partial charge in [0.15, 0.2) is 0 Å². The van der Waals surface area contributed by atoms with E-state index < -0.39 is 0 Å². The second kappa shape index (κ2) is 9.13. The van der Waals surface area contributed by atoms with Crippen molar-refractivity contribution in [1.82, 2.24) is 19.6 Å². The molecule has 0 spiro atoms. The number of piperazine rings is 1. The summed E-state index contributed by atoms with van der Waals surface area (Å²) in [6, 6.07) is 17.6. The molecule has 1 aliphatic heterocycles. The summed E-state index contributed by atoms with van der Waals surface area (Å²) in [5, 5.41) is 4.79. The molecule has 2 aromatic carbocycles. The first-order chi connectivity index (χ1) is 14.7. The first kappa shape index (κ1) is 20.2. The van der Waals surface area contributed by atoms with Gasteiger partial charge in [-0.2, -0.15) is 5.10 Å². The maximum atomic E-state index is 13.5. The second-order valence-corrected chi connectivity index (χ2v) is 7.54. The number of carbonyl (C=O) groups excluding carboxylic acids is 1. The highest BCUT2D eigenvalue weighted by atomic mass is 16.5. The third-order valence-electron chi connectivity index (χ3n) is 5.51. The minimum Gasteiger partial charge on any atom is -0.497 e. The van der Waals surface area contributed by atoms with Crippen molar-refractivity contribution in [2.24, 2.45) is 0 Å². The van der Waals surface area contributed by atoms with Gasteiger partial charge < -0.3 is 9.64 Å². The van der Waals surface area contributed by atoms with Crippen LogP contribution in [0, 0.1) is 0 Å². The van der Waals surface area contributed by atoms with Crippen LogP contribution in [0.4, 0.5) is 0 Å². The zero-order chi connectivity index (χ0) is 20.9. The zero-order valence-electron chi connectivity index (χ0n) is 17.6. The fourth-order valence-electron chi connectivity index (χ4n) is 3.89. The maximum Gasteiger partial charge on any atom is 0.257 e. The number of hydrogen-bond donors (Lipinski definition) is 0. The smallest absolute Gasteiger partial charge is 0.257 e. The van der Waals surface area contributed by atoms with E-state index in [4.69, 9.17) is 9.84 Å². The summed E-state index contributed by atoms with van der Waals surface area (Å²) in [7, 11) is 1.64. The molecule has 1 aliphatic rings. The standard InChI is InChI=1S/C24H28N4O2/c1-3-12-26-13-15-27(16-14-26)24(29)22-18-28(20-9-5-4-6-10-20)25-23(22)19-8-7-11-21(17-19)30-2/h4-11,17-18H,3,12-16H2,1-2H3. The monoisotopic (exact) mass is 404 g/mol. The molecule has 4 rings (SSSR count). The Balaban J connectivity index is 1.68. The Morgan fingerprint density at radius 3 is 2.50 bits per heavy atom. The van der Waals surface area contributed by atoms with Gasteiger partial charge in [0.05, 0.1) is 18.4 Å². The minimum absolute atomic E-state index is 0.0335. The lowest BCUT2D eigenvalue weighted by atomic mass is 10.1. The summed E-state index contributed by atoms with van der Waals surface area (Å²) in [6.45, 7) is 6.60. The molecule has 0 radical (unpaired) electrons. The molecule has 0 N–H and O–H groups in total. The SMILES string of the molecule is CCCN1CCN(C(=O)c2cn(-c3ccccc3)nc2-c2cccc(OC)c2)CC1. The van der Waals surface area contributed by atoms with Gasteiger partial charge in [-0.1, -0.05) is 37.3 Å². The lowest BCUT2D eigenvalue weighted by molar-refractivity contribution is 0.0638. The Hall–Kier alpha value is -3.12. The van der Waals surface area contributed by atoms with Crippen molar-refractivity contribution in [3.8, 4) is 22.7 Å². The van der Waals surface area contributed by atoms with Crippen LogP contribution in [-0.2, 0) is 0 Å². The van der Waals surface area contributed by atoms with E-state index in [-0.39, 0.29) is 5.91 Å². The van der Waals surface area contributed by atoms with Crippen LogP contribution in [0.2, 0.25) is 0 Å². The highest BCUT2D eigenvalue weighted by molar-refractivity contribution is 6.00. The Morgan fingerprint density at radius 1 is 1.03 bits per heavy atom. The van der Waals surface area contributed by atoms with Crippen molar-refractivity contribution in [3.63, 3.8) is 0 Å². The summed E-state index contributed by atoms with van der Waals surface area (Å²) in [5.74, 6) is 0.777. The fourth-order valence-corrected chi connectivity index (χ4v) is 3.89. The number of benzene rings is 2. The van der Waals surface area contributed by atoms with E-state index in [1.54, 1.807) is 11.8 Å². The van der Waals surface area contributed by atoms with Gasteiger partial charge in [0.25, 0.3) is 5.91 Å². The predicted molar refractivity (Wildman–Crippen MR) is 118 cm³/mol. The lowest BCUT2D eigenvalue weighted by Crippen LogP contribution is -2.48. The Morgan fingerprint density at radius 2 is 1.80 bits per heavy atom. The number of amides is 1. The normalized spacial score (nSPS) is 14.7. The molecule has 1 amide bonds. The fraction of sp³-hybridized carbons (Fsp3) is 0.333. The summed E-state index contributed by atoms with van der Waals surface area (Å²) in [4.78, 5) is 17.8. The van der Waals surface area contributed by atoms with Gasteiger partial charge in [-0.15, -0.1) is 0 Å². The molecule has 0 saturated carbocycles. The topological polar surface area (TPSA) is 50.6 Å². The summed E-state index contributed by atoms with van der Waals surface area (Å²) in [5.41, 5.74) is 3.10. The third kappa shape index (κ3) is 4.24. The van der Waals surface area contributed by atoms with Gasteiger partial charge in [-0.3, -0.25) is 9.69 Å². The number of ether oxygens (including phenoxy) is 1. The number of methoxy groups -OCH3 is 1. The first-order valence-electron chi connectivity index (χ1n) is 10.5. The summed E-state index contributed by atoms with van der Waals surface area (Å²) in [6.07, 6.45) is 2.99. The number of para-hydroxylation sites is 1. The van der Waals surface area contributed by atoms with Crippen LogP contribution in [0.5, 0.6) is 5.75 Å². The van der Waals surface area contributed by atoms with Crippen LogP contribution < -0.4 is 4.74 Å². The average molecular weight is 405 g/mol. The van der Waals surface area contributed by atoms with Gasteiger partial charge in [0, 0.05) is 37.9 Å². The van der Waals surface area contributed by atoms with Gasteiger partial charge in [0.2, 0.25) is 0 Å². The largest absolute Gasteiger partial charge is 0.497 e. The summed E-state index contributed by atoms with van der Waals surface area (Å²) < 4.78 is 7.17. The Kier molecular flexibility index (Phi) is 6.14. The predicted octanol–water partition coefficient (Wildman–Crippen LogP) is 3.72. The quantitative estimate of drug-likeness (QED) is 0.628. The van der Waals surface area contributed by atoms with E-state index in [9.17, 15) is 4.79 Å². The first-order valence-corrected chi connectivity index (χ1v) is 10.5. The minimum atomic E-state index is 0.0335. The van der Waals surface area contributed by atoms with Crippen molar-refractivity contribution in [3.05, 3.63) is 66.4 Å². The van der Waals surface area contributed by atoms with Crippen LogP contribution in [-0.4, -0.2) is 65.3 Å². The number of rotatable bonds is 6. The molecule has 30 heavy (non-hydrogen) atoms. The third-order valence-corrected chi connectivity index (χ3v) is 5.51. The van der Waals surface area contributed by atoms with Crippen LogP contribution in [0.3, 0.4) is 0 Å². The lowest BCUT2D eigenvalue weighted by Gasteiger charge is -2.34. The van der Waals surface area contributed by atoms with Crippen molar-refractivity contribution >= 4 is 5.91 Å². The Labute approximate surface area is 177 Å². The second-order valence-electron chi connectivity index (χ2n) is 7.54. The molecule has 6 nitrogen and oxygen atoms in total. The Bertz CT molecular complexity index is 991. The van der Waals surface area contributed by atoms with E-state index in [2.05, 4.69) is 11.8 Å². The van der Waals surface area contributed by atoms with Gasteiger partial charge in [-0.25, -0.2) is 4.68 Å². The van der Waals surface area contributed by atoms with Crippen LogP contribution in [0.1, 0.15) is 23.7 Å². The molecule has 0 bridgehead atoms. The van der Waals surface area contributed by atoms with Crippen molar-refractivity contribution in [2.75, 3.05) is 39.8 Å². The average Bonchev–Trinajstić information content (AvgIpc) is 3.25. The molecule has 156 valence electrons. The molecule has 6 heteroatoms. The molecular formula is C24H28N4O2. The molecule has 0 aliphatic carbocycles. The molecule has 1 saturated heterocycles. The van der Waals surface area contributed by atoms with E-state index in [0.29, 0.717) is 11.3 Å².